The Morgan fingerprint density at radius 1 is 0.683 bits per heavy atom. The maximum Gasteiger partial charge on any atom is 0.137 e. The van der Waals surface area contributed by atoms with E-state index >= 15 is 0 Å². The third kappa shape index (κ3) is 11.9. The predicted molar refractivity (Wildman–Crippen MR) is 245 cm³/mol. The summed E-state index contributed by atoms with van der Waals surface area (Å²) in [6, 6.07) is 24.2. The van der Waals surface area contributed by atoms with Crippen LogP contribution in [0.4, 0.5) is 17.2 Å². The molecule has 8 rings (SSSR count). The van der Waals surface area contributed by atoms with Gasteiger partial charge in [0.25, 0.3) is 0 Å². The maximum absolute atomic E-state index is 9.61. The number of nitrogens with zero attached hydrogens (tertiary/aromatic N) is 10. The Morgan fingerprint density at radius 3 is 1.73 bits per heavy atom. The monoisotopic (exact) mass is 864 g/mol. The molecule has 0 fully saturated rings. The van der Waals surface area contributed by atoms with Gasteiger partial charge in [-0.15, -0.1) is 0 Å². The number of aliphatic hydroxyl groups excluding tert-OH is 2. The van der Waals surface area contributed by atoms with Crippen LogP contribution in [0.3, 0.4) is 0 Å². The van der Waals surface area contributed by atoms with Gasteiger partial charge in [0.2, 0.25) is 0 Å². The number of aliphatic hydroxyl groups is 2. The fourth-order valence-corrected chi connectivity index (χ4v) is 7.73. The first kappa shape index (κ1) is 46.0. The van der Waals surface area contributed by atoms with Crippen LogP contribution in [0, 0.1) is 50.4 Å². The molecule has 5 N–H and O–H groups in total. The first-order valence-corrected chi connectivity index (χ1v) is 21.3. The van der Waals surface area contributed by atoms with Gasteiger partial charge < -0.3 is 31.1 Å². The molecule has 6 aromatic rings. The molecule has 0 amide bonds. The number of nitrogens with two attached hydrogens (primary N) is 1. The van der Waals surface area contributed by atoms with Gasteiger partial charge in [0, 0.05) is 93.2 Å². The number of pyridine rings is 2. The Balaban J connectivity index is 0.000000176. The quantitative estimate of drug-likeness (QED) is 0.101. The van der Waals surface area contributed by atoms with Crippen molar-refractivity contribution in [2.45, 2.75) is 78.6 Å². The van der Waals surface area contributed by atoms with E-state index in [1.54, 1.807) is 12.5 Å². The van der Waals surface area contributed by atoms with Crippen molar-refractivity contribution >= 4 is 28.8 Å². The van der Waals surface area contributed by atoms with E-state index < -0.39 is 0 Å². The molecule has 2 atom stereocenters. The summed E-state index contributed by atoms with van der Waals surface area (Å²) in [4.78, 5) is 30.2. The lowest BCUT2D eigenvalue weighted by molar-refractivity contribution is 0.276. The zero-order valence-corrected chi connectivity index (χ0v) is 36.9. The lowest BCUT2D eigenvalue weighted by atomic mass is 10.0. The lowest BCUT2D eigenvalue weighted by Gasteiger charge is -2.32. The number of anilines is 3. The fourth-order valence-electron chi connectivity index (χ4n) is 7.52. The number of hydrogen-bond acceptors (Lipinski definition) is 14. The van der Waals surface area contributed by atoms with Crippen molar-refractivity contribution in [1.82, 2.24) is 29.9 Å². The third-order valence-corrected chi connectivity index (χ3v) is 11.4. The fraction of sp³-hybridized carbons (Fsp3) is 0.333. The summed E-state index contributed by atoms with van der Waals surface area (Å²) in [5.74, 6) is 0.763. The Morgan fingerprint density at radius 2 is 1.21 bits per heavy atom. The lowest BCUT2D eigenvalue weighted by Crippen LogP contribution is -2.32. The highest BCUT2D eigenvalue weighted by atomic mass is 35.5. The molecular weight excluding hydrogens is 812 g/mol. The normalized spacial score (nSPS) is 13.7. The number of fused-ring (bicyclic) bond motifs is 2. The Hall–Kier alpha value is -6.55. The molecule has 0 unspecified atom stereocenters. The minimum absolute atomic E-state index is 0.0554. The molecule has 0 saturated heterocycles. The Labute approximate surface area is 374 Å². The minimum Gasteiger partial charge on any atom is -0.396 e. The first-order valence-electron chi connectivity index (χ1n) is 20.9. The van der Waals surface area contributed by atoms with Crippen molar-refractivity contribution in [3.8, 4) is 12.1 Å². The molecule has 14 nitrogen and oxygen atoms in total. The van der Waals surface area contributed by atoms with Crippen LogP contribution >= 0.6 is 11.6 Å². The summed E-state index contributed by atoms with van der Waals surface area (Å²) in [5, 5.41) is 41.2. The molecule has 2 aromatic carbocycles. The zero-order valence-electron chi connectivity index (χ0n) is 36.1. The summed E-state index contributed by atoms with van der Waals surface area (Å²) in [7, 11) is 0. The molecule has 4 aromatic heterocycles. The molecule has 0 spiro atoms. The molecule has 6 heterocycles. The molecule has 0 saturated carbocycles. The molecule has 324 valence electrons. The summed E-state index contributed by atoms with van der Waals surface area (Å²) in [5.41, 5.74) is 19.1. The van der Waals surface area contributed by atoms with E-state index in [1.807, 2.05) is 94.6 Å². The van der Waals surface area contributed by atoms with Crippen molar-refractivity contribution in [3.63, 3.8) is 0 Å². The number of benzene rings is 2. The van der Waals surface area contributed by atoms with Gasteiger partial charge in [-0.2, -0.15) is 10.5 Å². The van der Waals surface area contributed by atoms with Gasteiger partial charge >= 0.3 is 0 Å². The van der Waals surface area contributed by atoms with E-state index in [9.17, 15) is 15.6 Å². The van der Waals surface area contributed by atoms with Crippen LogP contribution in [0.15, 0.2) is 85.7 Å². The number of aryl methyl sites for hydroxylation is 4. The highest BCUT2D eigenvalue weighted by molar-refractivity contribution is 6.30. The van der Waals surface area contributed by atoms with Crippen LogP contribution in [-0.2, 0) is 25.9 Å². The van der Waals surface area contributed by atoms with Gasteiger partial charge in [-0.1, -0.05) is 35.9 Å². The largest absolute Gasteiger partial charge is 0.396 e. The first-order chi connectivity index (χ1) is 30.5. The van der Waals surface area contributed by atoms with E-state index in [0.29, 0.717) is 42.2 Å². The molecule has 2 aliphatic rings. The third-order valence-electron chi connectivity index (χ3n) is 11.0. The second kappa shape index (κ2) is 22.0. The molecular formula is C48H53ClN12O2. The summed E-state index contributed by atoms with van der Waals surface area (Å²) < 4.78 is 0. The van der Waals surface area contributed by atoms with Gasteiger partial charge in [-0.05, 0) is 99.2 Å². The number of aromatic nitrogens is 6. The molecule has 0 bridgehead atoms. The predicted octanol–water partition coefficient (Wildman–Crippen LogP) is 7.10. The van der Waals surface area contributed by atoms with E-state index in [1.165, 1.54) is 6.33 Å². The number of halogens is 1. The second-order valence-corrected chi connectivity index (χ2v) is 16.0. The van der Waals surface area contributed by atoms with Crippen molar-refractivity contribution in [2.75, 3.05) is 41.4 Å². The van der Waals surface area contributed by atoms with Crippen LogP contribution < -0.4 is 20.9 Å². The van der Waals surface area contributed by atoms with E-state index in [4.69, 9.17) is 22.4 Å². The van der Waals surface area contributed by atoms with Crippen LogP contribution in [-0.4, -0.2) is 66.4 Å². The molecule has 0 radical (unpaired) electrons. The van der Waals surface area contributed by atoms with E-state index in [0.717, 1.165) is 99.3 Å². The smallest absolute Gasteiger partial charge is 0.137 e. The summed E-state index contributed by atoms with van der Waals surface area (Å²) in [6.45, 7) is 10.9. The van der Waals surface area contributed by atoms with Crippen LogP contribution in [0.1, 0.15) is 92.2 Å². The second-order valence-electron chi connectivity index (χ2n) is 15.6. The van der Waals surface area contributed by atoms with Crippen LogP contribution in [0.5, 0.6) is 0 Å². The van der Waals surface area contributed by atoms with Crippen LogP contribution in [0.2, 0.25) is 5.15 Å². The molecule has 63 heavy (non-hydrogen) atoms. The van der Waals surface area contributed by atoms with Gasteiger partial charge in [-0.25, -0.2) is 19.9 Å². The van der Waals surface area contributed by atoms with Crippen molar-refractivity contribution in [1.29, 1.82) is 10.5 Å². The van der Waals surface area contributed by atoms with Crippen molar-refractivity contribution in [2.24, 2.45) is 5.73 Å². The maximum atomic E-state index is 9.61. The van der Waals surface area contributed by atoms with E-state index in [-0.39, 0.29) is 25.3 Å². The average molecular weight is 865 g/mol. The number of hydrogen-bond donors (Lipinski definition) is 4. The summed E-state index contributed by atoms with van der Waals surface area (Å²) in [6.07, 6.45) is 9.42. The van der Waals surface area contributed by atoms with Crippen molar-refractivity contribution < 1.29 is 10.2 Å². The topological polar surface area (TPSA) is 210 Å². The van der Waals surface area contributed by atoms with Gasteiger partial charge in [0.05, 0.1) is 39.9 Å². The molecule has 15 heteroatoms. The highest BCUT2D eigenvalue weighted by Crippen LogP contribution is 2.32. The van der Waals surface area contributed by atoms with Gasteiger partial charge in [0.15, 0.2) is 0 Å². The minimum atomic E-state index is -0.110. The number of nitrogens with one attached hydrogen (secondary N) is 1. The van der Waals surface area contributed by atoms with Crippen LogP contribution in [0.25, 0.3) is 0 Å². The summed E-state index contributed by atoms with van der Waals surface area (Å²) >= 11 is 6.15. The highest BCUT2D eigenvalue weighted by Gasteiger charge is 2.25. The number of rotatable bonds is 10. The Kier molecular flexibility index (Phi) is 16.0. The average Bonchev–Trinajstić information content (AvgIpc) is 3.30. The zero-order chi connectivity index (χ0) is 44.9. The van der Waals surface area contributed by atoms with Gasteiger partial charge in [0.1, 0.15) is 35.8 Å². The van der Waals surface area contributed by atoms with Gasteiger partial charge in [-0.3, -0.25) is 9.97 Å². The molecule has 0 aliphatic carbocycles. The standard InChI is InChI=1S/C24H26N6O.C15H13ClN4.C9H14N2O/c1-16-3-6-23(19(11-16)12-25)30-9-7-22-20(14-30)24(28-15-27-22)29-21(8-10-31)18-5-4-17(2)26-13-18;1-10-2-3-14(11(6-10)7-17)20-5-4-13-12(8-20)15(16)19-9-18-13;1-7-2-3-8(6-11-7)9(10)4-5-12/h3-6,11,13,15,21,31H,7-10,14H2,1-2H3,(H,27,28,29);2-3,6,9H,4-5,8H2,1H3;2-3,6,9,12H,4-5,10H2,1H3/t21-;;9-/m1.1/s1. The van der Waals surface area contributed by atoms with Crippen molar-refractivity contribution in [3.05, 3.63) is 158 Å². The Bertz CT molecular complexity index is 2560. The van der Waals surface area contributed by atoms with E-state index in [2.05, 4.69) is 57.2 Å². The number of nitriles is 2. The SMILES string of the molecule is Cc1ccc(N2CCc3ncnc(Cl)c3C2)c(C#N)c1.Cc1ccc(N2CCc3ncnc(N[C@H](CCO)c4ccc(C)nc4)c3C2)c(C#N)c1.Cc1ccc([C@H](N)CCO)cn1. The molecule has 2 aliphatic heterocycles.